The van der Waals surface area contributed by atoms with Crippen LogP contribution < -0.4 is 5.32 Å². The lowest BCUT2D eigenvalue weighted by Crippen LogP contribution is -2.07. The standard InChI is InChI=1S/C14H20BrNO/c1-10(2)8-13(15)9-12-4-6-14(7-5-12)16-11(3)17/h4-7,10,13H,8-9H2,1-3H3,(H,16,17). The fourth-order valence-electron chi connectivity index (χ4n) is 1.78. The molecule has 0 spiro atoms. The number of hydrogen-bond acceptors (Lipinski definition) is 1. The second kappa shape index (κ2) is 6.80. The average Bonchev–Trinajstić information content (AvgIpc) is 2.18. The Morgan fingerprint density at radius 1 is 1.29 bits per heavy atom. The number of anilines is 1. The van der Waals surface area contributed by atoms with Crippen molar-refractivity contribution >= 4 is 27.5 Å². The van der Waals surface area contributed by atoms with E-state index in [-0.39, 0.29) is 5.91 Å². The van der Waals surface area contributed by atoms with Crippen LogP contribution in [0.1, 0.15) is 32.8 Å². The molecule has 0 bridgehead atoms. The van der Waals surface area contributed by atoms with Crippen molar-refractivity contribution in [2.24, 2.45) is 5.92 Å². The number of hydrogen-bond donors (Lipinski definition) is 1. The van der Waals surface area contributed by atoms with Gasteiger partial charge in [0.1, 0.15) is 0 Å². The Morgan fingerprint density at radius 3 is 2.35 bits per heavy atom. The number of alkyl halides is 1. The van der Waals surface area contributed by atoms with Crippen molar-refractivity contribution in [1.29, 1.82) is 0 Å². The Labute approximate surface area is 112 Å². The number of halogens is 1. The summed E-state index contributed by atoms with van der Waals surface area (Å²) in [6.07, 6.45) is 2.20. The summed E-state index contributed by atoms with van der Waals surface area (Å²) in [7, 11) is 0. The highest BCUT2D eigenvalue weighted by atomic mass is 79.9. The van der Waals surface area contributed by atoms with Gasteiger partial charge in [-0.05, 0) is 36.5 Å². The van der Waals surface area contributed by atoms with Crippen LogP contribution in [-0.2, 0) is 11.2 Å². The lowest BCUT2D eigenvalue weighted by atomic mass is 10.0. The van der Waals surface area contributed by atoms with Gasteiger partial charge in [-0.3, -0.25) is 4.79 Å². The van der Waals surface area contributed by atoms with Crippen LogP contribution in [0, 0.1) is 5.92 Å². The molecule has 0 aliphatic carbocycles. The molecule has 3 heteroatoms. The van der Waals surface area contributed by atoms with Gasteiger partial charge in [0.2, 0.25) is 5.91 Å². The number of amides is 1. The van der Waals surface area contributed by atoms with Gasteiger partial charge in [-0.25, -0.2) is 0 Å². The Bertz CT molecular complexity index is 359. The molecule has 0 saturated heterocycles. The van der Waals surface area contributed by atoms with Crippen LogP contribution in [0.3, 0.4) is 0 Å². The van der Waals surface area contributed by atoms with Crippen LogP contribution in [0.25, 0.3) is 0 Å². The molecular formula is C14H20BrNO. The Hall–Kier alpha value is -0.830. The third kappa shape index (κ3) is 5.87. The Kier molecular flexibility index (Phi) is 5.69. The summed E-state index contributed by atoms with van der Waals surface area (Å²) in [4.78, 5) is 11.4. The van der Waals surface area contributed by atoms with Crippen molar-refractivity contribution in [3.8, 4) is 0 Å². The highest BCUT2D eigenvalue weighted by molar-refractivity contribution is 9.09. The molecular weight excluding hydrogens is 278 g/mol. The number of carbonyl (C=O) groups is 1. The van der Waals surface area contributed by atoms with Crippen LogP contribution in [0.2, 0.25) is 0 Å². The van der Waals surface area contributed by atoms with Gasteiger partial charge in [0, 0.05) is 17.4 Å². The SMILES string of the molecule is CC(=O)Nc1ccc(CC(Br)CC(C)C)cc1. The normalized spacial score (nSPS) is 12.5. The number of carbonyl (C=O) groups excluding carboxylic acids is 1. The van der Waals surface area contributed by atoms with Gasteiger partial charge < -0.3 is 5.32 Å². The van der Waals surface area contributed by atoms with Gasteiger partial charge >= 0.3 is 0 Å². The zero-order chi connectivity index (χ0) is 12.8. The Morgan fingerprint density at radius 2 is 1.88 bits per heavy atom. The molecule has 1 aromatic rings. The predicted octanol–water partition coefficient (Wildman–Crippen LogP) is 4.00. The first-order chi connectivity index (χ1) is 7.97. The monoisotopic (exact) mass is 297 g/mol. The molecule has 1 N–H and O–H groups in total. The predicted molar refractivity (Wildman–Crippen MR) is 76.6 cm³/mol. The molecule has 1 unspecified atom stereocenters. The molecule has 0 heterocycles. The lowest BCUT2D eigenvalue weighted by molar-refractivity contribution is -0.114. The molecule has 17 heavy (non-hydrogen) atoms. The van der Waals surface area contributed by atoms with E-state index in [2.05, 4.69) is 47.2 Å². The van der Waals surface area contributed by atoms with Crippen LogP contribution in [0.5, 0.6) is 0 Å². The van der Waals surface area contributed by atoms with E-state index >= 15 is 0 Å². The summed E-state index contributed by atoms with van der Waals surface area (Å²) >= 11 is 3.70. The van der Waals surface area contributed by atoms with E-state index in [1.54, 1.807) is 0 Å². The molecule has 1 aromatic carbocycles. The average molecular weight is 298 g/mol. The van der Waals surface area contributed by atoms with Crippen LogP contribution in [0.4, 0.5) is 5.69 Å². The van der Waals surface area contributed by atoms with E-state index < -0.39 is 0 Å². The quantitative estimate of drug-likeness (QED) is 0.818. The van der Waals surface area contributed by atoms with Gasteiger partial charge in [-0.2, -0.15) is 0 Å². The molecule has 0 aliphatic rings. The zero-order valence-electron chi connectivity index (χ0n) is 10.7. The molecule has 0 aliphatic heterocycles. The smallest absolute Gasteiger partial charge is 0.221 e. The summed E-state index contributed by atoms with van der Waals surface area (Å²) in [6.45, 7) is 5.98. The van der Waals surface area contributed by atoms with Crippen molar-refractivity contribution in [1.82, 2.24) is 0 Å². The van der Waals surface area contributed by atoms with Crippen LogP contribution in [0.15, 0.2) is 24.3 Å². The second-order valence-corrected chi connectivity index (χ2v) is 6.10. The summed E-state index contributed by atoms with van der Waals surface area (Å²) in [6, 6.07) is 8.04. The fourth-order valence-corrected chi connectivity index (χ4v) is 2.90. The van der Waals surface area contributed by atoms with E-state index in [1.165, 1.54) is 18.9 Å². The van der Waals surface area contributed by atoms with Gasteiger partial charge in [0.05, 0.1) is 0 Å². The third-order valence-corrected chi connectivity index (χ3v) is 3.16. The summed E-state index contributed by atoms with van der Waals surface area (Å²) in [5.41, 5.74) is 2.15. The Balaban J connectivity index is 2.53. The molecule has 94 valence electrons. The molecule has 0 radical (unpaired) electrons. The minimum atomic E-state index is -0.0316. The number of benzene rings is 1. The third-order valence-electron chi connectivity index (χ3n) is 2.46. The van der Waals surface area contributed by atoms with Gasteiger partial charge in [-0.1, -0.05) is 41.9 Å². The van der Waals surface area contributed by atoms with Gasteiger partial charge in [0.15, 0.2) is 0 Å². The molecule has 0 fully saturated rings. The molecule has 1 rings (SSSR count). The first-order valence-electron chi connectivity index (χ1n) is 5.98. The summed E-state index contributed by atoms with van der Waals surface area (Å²) in [5, 5.41) is 2.77. The van der Waals surface area contributed by atoms with E-state index in [0.717, 1.165) is 12.1 Å². The van der Waals surface area contributed by atoms with Gasteiger partial charge in [-0.15, -0.1) is 0 Å². The van der Waals surface area contributed by atoms with Crippen molar-refractivity contribution < 1.29 is 4.79 Å². The highest BCUT2D eigenvalue weighted by Crippen LogP contribution is 2.19. The summed E-state index contributed by atoms with van der Waals surface area (Å²) < 4.78 is 0. The molecule has 0 saturated carbocycles. The van der Waals surface area contributed by atoms with E-state index in [1.807, 2.05) is 12.1 Å². The fraction of sp³-hybridized carbons (Fsp3) is 0.500. The molecule has 1 atom stereocenters. The van der Waals surface area contributed by atoms with E-state index in [9.17, 15) is 4.79 Å². The van der Waals surface area contributed by atoms with Crippen LogP contribution >= 0.6 is 15.9 Å². The molecule has 1 amide bonds. The van der Waals surface area contributed by atoms with Crippen molar-refractivity contribution in [2.75, 3.05) is 5.32 Å². The minimum Gasteiger partial charge on any atom is -0.326 e. The van der Waals surface area contributed by atoms with Gasteiger partial charge in [0.25, 0.3) is 0 Å². The number of rotatable bonds is 5. The zero-order valence-corrected chi connectivity index (χ0v) is 12.3. The van der Waals surface area contributed by atoms with Crippen molar-refractivity contribution in [2.45, 2.75) is 38.4 Å². The van der Waals surface area contributed by atoms with Crippen molar-refractivity contribution in [3.05, 3.63) is 29.8 Å². The number of nitrogens with one attached hydrogen (secondary N) is 1. The van der Waals surface area contributed by atoms with Crippen molar-refractivity contribution in [3.63, 3.8) is 0 Å². The maximum absolute atomic E-state index is 10.9. The molecule has 0 aromatic heterocycles. The van der Waals surface area contributed by atoms with E-state index in [4.69, 9.17) is 0 Å². The largest absolute Gasteiger partial charge is 0.326 e. The first-order valence-corrected chi connectivity index (χ1v) is 6.89. The minimum absolute atomic E-state index is 0.0316. The highest BCUT2D eigenvalue weighted by Gasteiger charge is 2.07. The van der Waals surface area contributed by atoms with Crippen LogP contribution in [-0.4, -0.2) is 10.7 Å². The lowest BCUT2D eigenvalue weighted by Gasteiger charge is -2.12. The van der Waals surface area contributed by atoms with E-state index in [0.29, 0.717) is 10.7 Å². The summed E-state index contributed by atoms with van der Waals surface area (Å²) in [5.74, 6) is 0.675. The maximum atomic E-state index is 10.9. The maximum Gasteiger partial charge on any atom is 0.221 e. The molecule has 2 nitrogen and oxygen atoms in total. The topological polar surface area (TPSA) is 29.1 Å². The first kappa shape index (κ1) is 14.2. The second-order valence-electron chi connectivity index (χ2n) is 4.81.